The first-order chi connectivity index (χ1) is 14.2. The second-order valence-corrected chi connectivity index (χ2v) is 10.2. The van der Waals surface area contributed by atoms with Crippen molar-refractivity contribution in [2.45, 2.75) is 31.9 Å². The van der Waals surface area contributed by atoms with E-state index in [1.54, 1.807) is 23.7 Å². The van der Waals surface area contributed by atoms with Crippen LogP contribution in [0.25, 0.3) is 11.2 Å². The second kappa shape index (κ2) is 7.71. The van der Waals surface area contributed by atoms with E-state index in [0.717, 1.165) is 5.56 Å². The number of carbonyl (C=O) groups is 1. The molecular formula is C21H24N4O4S. The molecule has 3 aromatic rings. The van der Waals surface area contributed by atoms with Crippen LogP contribution in [0.4, 0.5) is 0 Å². The SMILES string of the molecule is Cn1c(C(=O)NC2(C)CCS(=O)(=O)CC2)nc2ccc(OCc3ccccc3)nc21. The van der Waals surface area contributed by atoms with Gasteiger partial charge in [0.15, 0.2) is 5.65 Å². The number of pyridine rings is 1. The van der Waals surface area contributed by atoms with E-state index in [4.69, 9.17) is 4.74 Å². The molecule has 1 aromatic carbocycles. The Morgan fingerprint density at radius 2 is 1.83 bits per heavy atom. The number of benzene rings is 1. The van der Waals surface area contributed by atoms with Crippen LogP contribution in [0.15, 0.2) is 42.5 Å². The quantitative estimate of drug-likeness (QED) is 0.669. The Hall–Kier alpha value is -2.94. The Bertz CT molecular complexity index is 1170. The van der Waals surface area contributed by atoms with Gasteiger partial charge in [0.05, 0.1) is 11.5 Å². The van der Waals surface area contributed by atoms with E-state index in [1.807, 2.05) is 37.3 Å². The van der Waals surface area contributed by atoms with E-state index >= 15 is 0 Å². The molecule has 4 rings (SSSR count). The smallest absolute Gasteiger partial charge is 0.287 e. The molecule has 1 saturated heterocycles. The summed E-state index contributed by atoms with van der Waals surface area (Å²) < 4.78 is 30.8. The molecule has 1 N–H and O–H groups in total. The number of sulfone groups is 1. The molecule has 1 aliphatic rings. The Kier molecular flexibility index (Phi) is 5.23. The molecule has 8 nitrogen and oxygen atoms in total. The predicted molar refractivity (Wildman–Crippen MR) is 113 cm³/mol. The van der Waals surface area contributed by atoms with Crippen molar-refractivity contribution in [3.63, 3.8) is 0 Å². The summed E-state index contributed by atoms with van der Waals surface area (Å²) >= 11 is 0. The van der Waals surface area contributed by atoms with Crippen LogP contribution in [0.2, 0.25) is 0 Å². The molecule has 1 aliphatic heterocycles. The molecule has 9 heteroatoms. The van der Waals surface area contributed by atoms with E-state index in [-0.39, 0.29) is 23.2 Å². The summed E-state index contributed by atoms with van der Waals surface area (Å²) in [6.45, 7) is 2.27. The molecule has 0 atom stereocenters. The van der Waals surface area contributed by atoms with Gasteiger partial charge in [-0.05, 0) is 31.4 Å². The third-order valence-electron chi connectivity index (χ3n) is 5.47. The van der Waals surface area contributed by atoms with Crippen molar-refractivity contribution in [2.24, 2.45) is 7.05 Å². The zero-order valence-electron chi connectivity index (χ0n) is 17.0. The highest BCUT2D eigenvalue weighted by Gasteiger charge is 2.35. The maximum absolute atomic E-state index is 12.9. The van der Waals surface area contributed by atoms with Crippen LogP contribution >= 0.6 is 0 Å². The first kappa shape index (κ1) is 20.3. The average molecular weight is 429 g/mol. The van der Waals surface area contributed by atoms with Gasteiger partial charge < -0.3 is 14.6 Å². The predicted octanol–water partition coefficient (Wildman–Crippen LogP) is 2.24. The zero-order valence-corrected chi connectivity index (χ0v) is 17.8. The number of nitrogens with zero attached hydrogens (tertiary/aromatic N) is 3. The van der Waals surface area contributed by atoms with Crippen molar-refractivity contribution < 1.29 is 17.9 Å². The van der Waals surface area contributed by atoms with Crippen LogP contribution in [0.5, 0.6) is 5.88 Å². The number of aryl methyl sites for hydroxylation is 1. The Labute approximate surface area is 175 Å². The van der Waals surface area contributed by atoms with E-state index in [2.05, 4.69) is 15.3 Å². The molecule has 0 radical (unpaired) electrons. The summed E-state index contributed by atoms with van der Waals surface area (Å²) in [5, 5.41) is 2.97. The summed E-state index contributed by atoms with van der Waals surface area (Å²) in [5.74, 6) is 0.494. The summed E-state index contributed by atoms with van der Waals surface area (Å²) in [4.78, 5) is 21.8. The summed E-state index contributed by atoms with van der Waals surface area (Å²) in [7, 11) is -1.28. The van der Waals surface area contributed by atoms with Crippen LogP contribution in [-0.2, 0) is 23.5 Å². The number of imidazole rings is 1. The molecular weight excluding hydrogens is 404 g/mol. The van der Waals surface area contributed by atoms with Gasteiger partial charge in [-0.1, -0.05) is 30.3 Å². The van der Waals surface area contributed by atoms with E-state index in [0.29, 0.717) is 36.5 Å². The lowest BCUT2D eigenvalue weighted by Gasteiger charge is -2.34. The Morgan fingerprint density at radius 1 is 1.13 bits per heavy atom. The molecule has 0 saturated carbocycles. The van der Waals surface area contributed by atoms with Gasteiger partial charge in [0.2, 0.25) is 11.7 Å². The largest absolute Gasteiger partial charge is 0.473 e. The maximum Gasteiger partial charge on any atom is 0.287 e. The summed E-state index contributed by atoms with van der Waals surface area (Å²) in [6, 6.07) is 13.3. The number of fused-ring (bicyclic) bond motifs is 1. The number of ether oxygens (including phenoxy) is 1. The number of hydrogen-bond acceptors (Lipinski definition) is 6. The fourth-order valence-electron chi connectivity index (χ4n) is 3.51. The number of rotatable bonds is 5. The number of hydrogen-bond donors (Lipinski definition) is 1. The molecule has 30 heavy (non-hydrogen) atoms. The number of nitrogens with one attached hydrogen (secondary N) is 1. The summed E-state index contributed by atoms with van der Waals surface area (Å²) in [5.41, 5.74) is 1.60. The molecule has 0 bridgehead atoms. The highest BCUT2D eigenvalue weighted by Crippen LogP contribution is 2.24. The standard InChI is InChI=1S/C21H24N4O4S/c1-21(10-12-30(27,28)13-11-21)24-20(26)19-22-16-8-9-17(23-18(16)25(19)2)29-14-15-6-4-3-5-7-15/h3-9H,10-14H2,1-2H3,(H,24,26). The third kappa shape index (κ3) is 4.30. The number of aromatic nitrogens is 3. The lowest BCUT2D eigenvalue weighted by molar-refractivity contribution is 0.0886. The minimum absolute atomic E-state index is 0.0794. The van der Waals surface area contributed by atoms with Gasteiger partial charge in [0.25, 0.3) is 5.91 Å². The molecule has 0 unspecified atom stereocenters. The van der Waals surface area contributed by atoms with E-state index < -0.39 is 15.4 Å². The maximum atomic E-state index is 12.9. The van der Waals surface area contributed by atoms with Crippen molar-refractivity contribution in [3.05, 3.63) is 53.9 Å². The van der Waals surface area contributed by atoms with Crippen molar-refractivity contribution >= 4 is 26.9 Å². The Morgan fingerprint density at radius 3 is 2.53 bits per heavy atom. The molecule has 0 aliphatic carbocycles. The normalized spacial score (nSPS) is 17.5. The summed E-state index contributed by atoms with van der Waals surface area (Å²) in [6.07, 6.45) is 0.779. The van der Waals surface area contributed by atoms with Crippen LogP contribution in [0, 0.1) is 0 Å². The van der Waals surface area contributed by atoms with Gasteiger partial charge in [-0.3, -0.25) is 4.79 Å². The number of carbonyl (C=O) groups excluding carboxylic acids is 1. The number of amides is 1. The van der Waals surface area contributed by atoms with Gasteiger partial charge in [0.1, 0.15) is 22.0 Å². The van der Waals surface area contributed by atoms with Crippen LogP contribution in [0.3, 0.4) is 0 Å². The zero-order chi connectivity index (χ0) is 21.4. The second-order valence-electron chi connectivity index (χ2n) is 7.93. The minimum atomic E-state index is -3.01. The van der Waals surface area contributed by atoms with Gasteiger partial charge in [-0.2, -0.15) is 4.98 Å². The lowest BCUT2D eigenvalue weighted by atomic mass is 9.95. The van der Waals surface area contributed by atoms with Crippen molar-refractivity contribution in [1.82, 2.24) is 19.9 Å². The van der Waals surface area contributed by atoms with Gasteiger partial charge in [0, 0.05) is 18.7 Å². The van der Waals surface area contributed by atoms with Gasteiger partial charge in [-0.25, -0.2) is 13.4 Å². The van der Waals surface area contributed by atoms with Crippen molar-refractivity contribution in [2.75, 3.05) is 11.5 Å². The van der Waals surface area contributed by atoms with Crippen LogP contribution in [0.1, 0.15) is 35.9 Å². The van der Waals surface area contributed by atoms with Crippen LogP contribution < -0.4 is 10.1 Å². The monoisotopic (exact) mass is 428 g/mol. The van der Waals surface area contributed by atoms with Gasteiger partial charge in [-0.15, -0.1) is 0 Å². The van der Waals surface area contributed by atoms with Crippen LogP contribution in [-0.4, -0.2) is 45.9 Å². The van der Waals surface area contributed by atoms with E-state index in [1.165, 1.54) is 0 Å². The first-order valence-electron chi connectivity index (χ1n) is 9.78. The van der Waals surface area contributed by atoms with Crippen molar-refractivity contribution in [1.29, 1.82) is 0 Å². The fourth-order valence-corrected chi connectivity index (χ4v) is 5.23. The van der Waals surface area contributed by atoms with Crippen molar-refractivity contribution in [3.8, 4) is 5.88 Å². The average Bonchev–Trinajstić information content (AvgIpc) is 3.06. The Balaban J connectivity index is 1.50. The minimum Gasteiger partial charge on any atom is -0.473 e. The molecule has 2 aromatic heterocycles. The van der Waals surface area contributed by atoms with Gasteiger partial charge >= 0.3 is 0 Å². The highest BCUT2D eigenvalue weighted by atomic mass is 32.2. The molecule has 3 heterocycles. The highest BCUT2D eigenvalue weighted by molar-refractivity contribution is 7.91. The third-order valence-corrected chi connectivity index (χ3v) is 7.12. The topological polar surface area (TPSA) is 103 Å². The molecule has 1 amide bonds. The fraction of sp³-hybridized carbons (Fsp3) is 0.381. The molecule has 1 fully saturated rings. The van der Waals surface area contributed by atoms with E-state index in [9.17, 15) is 13.2 Å². The first-order valence-corrected chi connectivity index (χ1v) is 11.6. The molecule has 0 spiro atoms. The molecule has 158 valence electrons. The lowest BCUT2D eigenvalue weighted by Crippen LogP contribution is -2.51.